The molecule has 3 aliphatic rings. The molecule has 0 aromatic heterocycles. The number of hydrogen-bond donors (Lipinski definition) is 1. The fraction of sp³-hybridized carbons (Fsp3) is 0.273. The van der Waals surface area contributed by atoms with E-state index in [1.807, 2.05) is 30.4 Å². The molecule has 1 saturated carbocycles. The fourth-order valence-electron chi connectivity index (χ4n) is 3.83. The van der Waals surface area contributed by atoms with Crippen LogP contribution < -0.4 is 0 Å². The van der Waals surface area contributed by atoms with E-state index >= 15 is 0 Å². The van der Waals surface area contributed by atoms with E-state index in [-0.39, 0.29) is 11.2 Å². The van der Waals surface area contributed by atoms with Gasteiger partial charge in [-0.1, -0.05) is 44.2 Å². The maximum Gasteiger partial charge on any atom is 0.165 e. The lowest BCUT2D eigenvalue weighted by atomic mass is 9.73. The average molecular weight is 346 g/mol. The summed E-state index contributed by atoms with van der Waals surface area (Å²) >= 11 is 0. The molecule has 4 heteroatoms. The van der Waals surface area contributed by atoms with Crippen LogP contribution in [0.25, 0.3) is 0 Å². The average Bonchev–Trinajstić information content (AvgIpc) is 2.93. The van der Waals surface area contributed by atoms with Gasteiger partial charge in [-0.15, -0.1) is 0 Å². The molecule has 26 heavy (non-hydrogen) atoms. The van der Waals surface area contributed by atoms with Gasteiger partial charge in [-0.05, 0) is 35.1 Å². The van der Waals surface area contributed by atoms with E-state index < -0.39 is 0 Å². The molecule has 1 aliphatic carbocycles. The molecule has 2 aliphatic heterocycles. The lowest BCUT2D eigenvalue weighted by molar-refractivity contribution is -0.117. The first-order valence-corrected chi connectivity index (χ1v) is 8.89. The molecular weight excluding hydrogens is 324 g/mol. The first-order chi connectivity index (χ1) is 12.4. The zero-order valence-electron chi connectivity index (χ0n) is 15.1. The Morgan fingerprint density at radius 3 is 2.50 bits per heavy atom. The van der Waals surface area contributed by atoms with Gasteiger partial charge in [-0.25, -0.2) is 5.06 Å². The van der Waals surface area contributed by atoms with Crippen molar-refractivity contribution < 1.29 is 10.0 Å². The van der Waals surface area contributed by atoms with Gasteiger partial charge in [0.2, 0.25) is 0 Å². The Labute approximate surface area is 153 Å². The summed E-state index contributed by atoms with van der Waals surface area (Å²) in [5.74, 6) is 0.189. The second-order valence-electron chi connectivity index (χ2n) is 7.83. The number of carbonyl (C=O) groups is 1. The minimum atomic E-state index is -0.0580. The largest absolute Gasteiger partial charge is 0.294 e. The van der Waals surface area contributed by atoms with Crippen LogP contribution in [0.4, 0.5) is 0 Å². The van der Waals surface area contributed by atoms with Gasteiger partial charge in [0.15, 0.2) is 5.78 Å². The van der Waals surface area contributed by atoms with E-state index in [0.29, 0.717) is 12.8 Å². The lowest BCUT2D eigenvalue weighted by Crippen LogP contribution is -2.31. The normalized spacial score (nSPS) is 21.4. The van der Waals surface area contributed by atoms with Crippen molar-refractivity contribution in [2.24, 2.45) is 10.4 Å². The number of fused-ring (bicyclic) bond motifs is 1. The third kappa shape index (κ3) is 3.08. The Morgan fingerprint density at radius 1 is 1.12 bits per heavy atom. The quantitative estimate of drug-likeness (QED) is 0.866. The predicted molar refractivity (Wildman–Crippen MR) is 102 cm³/mol. The molecule has 0 spiro atoms. The highest BCUT2D eigenvalue weighted by Crippen LogP contribution is 2.42. The number of carbonyl (C=O) groups excluding carboxylic acids is 1. The van der Waals surface area contributed by atoms with E-state index in [1.54, 1.807) is 12.4 Å². The second kappa shape index (κ2) is 6.22. The topological polar surface area (TPSA) is 52.9 Å². The van der Waals surface area contributed by atoms with Gasteiger partial charge in [0.1, 0.15) is 0 Å². The number of benzene rings is 1. The minimum Gasteiger partial charge on any atom is -0.294 e. The summed E-state index contributed by atoms with van der Waals surface area (Å²) in [5.41, 5.74) is 5.60. The number of allylic oxidation sites excluding steroid dienone is 5. The molecule has 1 aromatic rings. The van der Waals surface area contributed by atoms with Crippen molar-refractivity contribution in [1.82, 2.24) is 5.06 Å². The van der Waals surface area contributed by atoms with Gasteiger partial charge in [-0.2, -0.15) is 0 Å². The summed E-state index contributed by atoms with van der Waals surface area (Å²) in [7, 11) is 0. The van der Waals surface area contributed by atoms with E-state index in [1.165, 1.54) is 0 Å². The van der Waals surface area contributed by atoms with Crippen molar-refractivity contribution in [3.05, 3.63) is 82.9 Å². The third-order valence-electron chi connectivity index (χ3n) is 5.00. The molecule has 1 fully saturated rings. The first-order valence-electron chi connectivity index (χ1n) is 8.89. The van der Waals surface area contributed by atoms with Crippen molar-refractivity contribution in [2.45, 2.75) is 33.1 Å². The highest BCUT2D eigenvalue weighted by Gasteiger charge is 2.39. The number of rotatable bonds is 2. The molecular formula is C22H22N2O2. The van der Waals surface area contributed by atoms with Crippen LogP contribution in [0, 0.1) is 5.41 Å². The van der Waals surface area contributed by atoms with Gasteiger partial charge >= 0.3 is 0 Å². The summed E-state index contributed by atoms with van der Waals surface area (Å²) in [5, 5.41) is 10.5. The Bertz CT molecular complexity index is 899. The fourth-order valence-corrected chi connectivity index (χ4v) is 3.83. The molecule has 0 radical (unpaired) electrons. The van der Waals surface area contributed by atoms with Crippen molar-refractivity contribution >= 4 is 11.5 Å². The molecule has 0 unspecified atom stereocenters. The minimum absolute atomic E-state index is 0.0580. The molecule has 4 nitrogen and oxygen atoms in total. The Hall–Kier alpha value is -2.72. The molecule has 132 valence electrons. The highest BCUT2D eigenvalue weighted by atomic mass is 16.5. The van der Waals surface area contributed by atoms with E-state index in [2.05, 4.69) is 26.0 Å². The van der Waals surface area contributed by atoms with Crippen molar-refractivity contribution in [2.75, 3.05) is 0 Å². The van der Waals surface area contributed by atoms with Gasteiger partial charge < -0.3 is 0 Å². The van der Waals surface area contributed by atoms with Crippen LogP contribution in [0.15, 0.2) is 82.3 Å². The molecule has 0 bridgehead atoms. The second-order valence-corrected chi connectivity index (χ2v) is 7.83. The van der Waals surface area contributed by atoms with Crippen molar-refractivity contribution in [3.63, 3.8) is 0 Å². The zero-order valence-corrected chi connectivity index (χ0v) is 15.1. The summed E-state index contributed by atoms with van der Waals surface area (Å²) in [6.07, 6.45) is 8.87. The zero-order chi connectivity index (χ0) is 18.3. The molecule has 1 aromatic carbocycles. The standard InChI is InChI=1S/C22H22N2O2/c1-22(2)13-18-20(19(25)14-22)17(12-15-6-4-3-5-7-15)21(23-18)16-8-10-24(26)11-9-16/h3-11,26H,12-14H2,1-2H3. The number of hydroxylamine groups is 2. The maximum absolute atomic E-state index is 12.9. The van der Waals surface area contributed by atoms with Crippen LogP contribution in [-0.4, -0.2) is 21.8 Å². The van der Waals surface area contributed by atoms with Gasteiger partial charge in [0.25, 0.3) is 0 Å². The number of nitrogens with zero attached hydrogens (tertiary/aromatic N) is 2. The van der Waals surface area contributed by atoms with Crippen LogP contribution in [0.3, 0.4) is 0 Å². The Morgan fingerprint density at radius 2 is 1.81 bits per heavy atom. The van der Waals surface area contributed by atoms with E-state index in [9.17, 15) is 10.0 Å². The molecule has 0 saturated heterocycles. The van der Waals surface area contributed by atoms with Crippen LogP contribution in [-0.2, 0) is 11.2 Å². The molecule has 4 rings (SSSR count). The van der Waals surface area contributed by atoms with Crippen molar-refractivity contribution in [1.29, 1.82) is 0 Å². The van der Waals surface area contributed by atoms with E-state index in [0.717, 1.165) is 45.2 Å². The van der Waals surface area contributed by atoms with Gasteiger partial charge in [-0.3, -0.25) is 15.0 Å². The monoisotopic (exact) mass is 346 g/mol. The summed E-state index contributed by atoms with van der Waals surface area (Å²) in [6, 6.07) is 10.2. The Kier molecular flexibility index (Phi) is 4.00. The van der Waals surface area contributed by atoms with Gasteiger partial charge in [0, 0.05) is 36.4 Å². The third-order valence-corrected chi connectivity index (χ3v) is 5.00. The lowest BCUT2D eigenvalue weighted by Gasteiger charge is -2.29. The molecule has 2 heterocycles. The summed E-state index contributed by atoms with van der Waals surface area (Å²) in [4.78, 5) is 17.8. The van der Waals surface area contributed by atoms with Crippen LogP contribution >= 0.6 is 0 Å². The van der Waals surface area contributed by atoms with Gasteiger partial charge in [0.05, 0.1) is 11.4 Å². The summed E-state index contributed by atoms with van der Waals surface area (Å²) in [6.45, 7) is 4.24. The molecule has 0 amide bonds. The van der Waals surface area contributed by atoms with Crippen LogP contribution in [0.5, 0.6) is 0 Å². The summed E-state index contributed by atoms with van der Waals surface area (Å²) < 4.78 is 0. The number of hydrogen-bond acceptors (Lipinski definition) is 4. The molecule has 0 atom stereocenters. The maximum atomic E-state index is 12.9. The highest BCUT2D eigenvalue weighted by molar-refractivity contribution is 6.27. The molecule has 1 N–H and O–H groups in total. The number of ketones is 1. The first kappa shape index (κ1) is 16.7. The predicted octanol–water partition coefficient (Wildman–Crippen LogP) is 4.36. The van der Waals surface area contributed by atoms with Crippen molar-refractivity contribution in [3.8, 4) is 0 Å². The van der Waals surface area contributed by atoms with Crippen LogP contribution in [0.1, 0.15) is 32.3 Å². The van der Waals surface area contributed by atoms with Crippen LogP contribution in [0.2, 0.25) is 0 Å². The van der Waals surface area contributed by atoms with E-state index in [4.69, 9.17) is 4.99 Å². The SMILES string of the molecule is CC1(C)CC(=O)C2=C(Cc3ccccc3)C(=C3C=CN(O)C=C3)N=C2C1. The number of Topliss-reactive ketones (excluding diaryl/α,β-unsaturated/α-hetero) is 1. The number of aliphatic imine (C=N–C) groups is 1. The smallest absolute Gasteiger partial charge is 0.165 e. The Balaban J connectivity index is 1.84.